The minimum atomic E-state index is -0.326. The standard InChI is InChI=1S/C26H32N4O4S/c1-26(2,3)30-10-7-20(15-30)24(32)27-14-23(31)29-25-28-22(17-35-25)19-6-4-5-18(13-19)16-34-21-8-11-33-12-9-21/h4-7,10,13,15,17,21H,8-9,11-12,14,16H2,1-3H3,(H,27,32)(H,28,29,31). The fraction of sp³-hybridized carbons (Fsp3) is 0.423. The highest BCUT2D eigenvalue weighted by molar-refractivity contribution is 7.14. The Hall–Kier alpha value is -3.01. The number of ether oxygens (including phenoxy) is 2. The second kappa shape index (κ2) is 11.2. The van der Waals surface area contributed by atoms with E-state index in [1.165, 1.54) is 11.3 Å². The van der Waals surface area contributed by atoms with Gasteiger partial charge in [0.1, 0.15) is 0 Å². The summed E-state index contributed by atoms with van der Waals surface area (Å²) in [6.45, 7) is 8.10. The van der Waals surface area contributed by atoms with Gasteiger partial charge in [-0.1, -0.05) is 18.2 Å². The van der Waals surface area contributed by atoms with Crippen molar-refractivity contribution in [1.82, 2.24) is 14.9 Å². The van der Waals surface area contributed by atoms with Crippen LogP contribution in [0.4, 0.5) is 5.13 Å². The molecule has 2 aromatic heterocycles. The number of carbonyl (C=O) groups excluding carboxylic acids is 2. The van der Waals surface area contributed by atoms with Crippen LogP contribution >= 0.6 is 11.3 Å². The maximum atomic E-state index is 12.4. The lowest BCUT2D eigenvalue weighted by Crippen LogP contribution is -2.32. The van der Waals surface area contributed by atoms with Crippen LogP contribution < -0.4 is 10.6 Å². The minimum Gasteiger partial charge on any atom is -0.381 e. The molecule has 8 nitrogen and oxygen atoms in total. The summed E-state index contributed by atoms with van der Waals surface area (Å²) in [4.78, 5) is 29.3. The van der Waals surface area contributed by atoms with Crippen LogP contribution in [-0.2, 0) is 26.4 Å². The van der Waals surface area contributed by atoms with Gasteiger partial charge >= 0.3 is 0 Å². The molecule has 0 spiro atoms. The van der Waals surface area contributed by atoms with Crippen LogP contribution in [-0.4, -0.2) is 47.2 Å². The van der Waals surface area contributed by atoms with E-state index in [0.29, 0.717) is 17.3 Å². The molecule has 3 heterocycles. The third kappa shape index (κ3) is 7.00. The average Bonchev–Trinajstić information content (AvgIpc) is 3.52. The van der Waals surface area contributed by atoms with E-state index in [2.05, 4.69) is 42.5 Å². The lowest BCUT2D eigenvalue weighted by atomic mass is 10.1. The number of rotatable bonds is 8. The average molecular weight is 497 g/mol. The van der Waals surface area contributed by atoms with E-state index in [-0.39, 0.29) is 30.0 Å². The van der Waals surface area contributed by atoms with Crippen LogP contribution in [0.15, 0.2) is 48.1 Å². The molecule has 0 saturated carbocycles. The molecule has 0 atom stereocenters. The van der Waals surface area contributed by atoms with E-state index in [9.17, 15) is 9.59 Å². The number of hydrogen-bond donors (Lipinski definition) is 2. The third-order valence-corrected chi connectivity index (χ3v) is 6.52. The molecule has 0 aliphatic carbocycles. The van der Waals surface area contributed by atoms with Gasteiger partial charge in [-0.25, -0.2) is 4.98 Å². The Morgan fingerprint density at radius 2 is 2.03 bits per heavy atom. The molecule has 2 N–H and O–H groups in total. The van der Waals surface area contributed by atoms with Gasteiger partial charge in [0, 0.05) is 42.1 Å². The summed E-state index contributed by atoms with van der Waals surface area (Å²) in [5.41, 5.74) is 3.23. The number of amides is 2. The molecule has 0 unspecified atom stereocenters. The fourth-order valence-corrected chi connectivity index (χ4v) is 4.45. The van der Waals surface area contributed by atoms with Crippen molar-refractivity contribution < 1.29 is 19.1 Å². The van der Waals surface area contributed by atoms with Crippen molar-refractivity contribution in [3.63, 3.8) is 0 Å². The number of benzene rings is 1. The zero-order chi connectivity index (χ0) is 24.8. The predicted octanol–water partition coefficient (Wildman–Crippen LogP) is 4.43. The highest BCUT2D eigenvalue weighted by atomic mass is 32.1. The molecule has 186 valence electrons. The smallest absolute Gasteiger partial charge is 0.253 e. The largest absolute Gasteiger partial charge is 0.381 e. The van der Waals surface area contributed by atoms with Crippen molar-refractivity contribution in [1.29, 1.82) is 0 Å². The van der Waals surface area contributed by atoms with E-state index in [1.54, 1.807) is 12.3 Å². The lowest BCUT2D eigenvalue weighted by molar-refractivity contribution is -0.115. The first-order valence-electron chi connectivity index (χ1n) is 11.8. The first kappa shape index (κ1) is 25.1. The molecular weight excluding hydrogens is 464 g/mol. The Morgan fingerprint density at radius 3 is 2.77 bits per heavy atom. The van der Waals surface area contributed by atoms with Gasteiger partial charge in [-0.2, -0.15) is 0 Å². The molecule has 35 heavy (non-hydrogen) atoms. The van der Waals surface area contributed by atoms with Gasteiger partial charge in [0.25, 0.3) is 5.91 Å². The van der Waals surface area contributed by atoms with Crippen LogP contribution in [0.1, 0.15) is 49.5 Å². The molecule has 1 fully saturated rings. The van der Waals surface area contributed by atoms with Crippen LogP contribution in [0, 0.1) is 0 Å². The molecular formula is C26H32N4O4S. The van der Waals surface area contributed by atoms with E-state index < -0.39 is 0 Å². The summed E-state index contributed by atoms with van der Waals surface area (Å²) in [6, 6.07) is 9.81. The number of thiazole rings is 1. The molecule has 1 aliphatic rings. The predicted molar refractivity (Wildman–Crippen MR) is 137 cm³/mol. The van der Waals surface area contributed by atoms with Crippen LogP contribution in [0.3, 0.4) is 0 Å². The summed E-state index contributed by atoms with van der Waals surface area (Å²) >= 11 is 1.35. The highest BCUT2D eigenvalue weighted by Gasteiger charge is 2.17. The maximum Gasteiger partial charge on any atom is 0.253 e. The normalized spacial score (nSPS) is 14.6. The number of anilines is 1. The Bertz CT molecular complexity index is 1160. The van der Waals surface area contributed by atoms with E-state index in [0.717, 1.165) is 42.9 Å². The van der Waals surface area contributed by atoms with Crippen molar-refractivity contribution in [2.45, 2.75) is 51.9 Å². The van der Waals surface area contributed by atoms with Crippen molar-refractivity contribution in [3.8, 4) is 11.3 Å². The van der Waals surface area contributed by atoms with Crippen LogP contribution in [0.5, 0.6) is 0 Å². The summed E-state index contributed by atoms with van der Waals surface area (Å²) in [6.07, 6.45) is 5.74. The number of hydrogen-bond acceptors (Lipinski definition) is 6. The molecule has 9 heteroatoms. The fourth-order valence-electron chi connectivity index (χ4n) is 3.72. The van der Waals surface area contributed by atoms with E-state index >= 15 is 0 Å². The van der Waals surface area contributed by atoms with E-state index in [4.69, 9.17) is 9.47 Å². The van der Waals surface area contributed by atoms with Crippen molar-refractivity contribution in [2.75, 3.05) is 25.1 Å². The lowest BCUT2D eigenvalue weighted by Gasteiger charge is -2.22. The summed E-state index contributed by atoms with van der Waals surface area (Å²) in [5, 5.41) is 7.82. The Morgan fingerprint density at radius 1 is 1.23 bits per heavy atom. The Balaban J connectivity index is 1.28. The molecule has 1 aromatic carbocycles. The van der Waals surface area contributed by atoms with Gasteiger partial charge in [0.05, 0.1) is 30.5 Å². The summed E-state index contributed by atoms with van der Waals surface area (Å²) in [7, 11) is 0. The first-order valence-corrected chi connectivity index (χ1v) is 12.7. The van der Waals surface area contributed by atoms with Crippen molar-refractivity contribution in [3.05, 3.63) is 59.2 Å². The SMILES string of the molecule is CC(C)(C)n1ccc(C(=O)NCC(=O)Nc2nc(-c3cccc(COC4CCOCC4)c3)cs2)c1. The summed E-state index contributed by atoms with van der Waals surface area (Å²) in [5.74, 6) is -0.615. The number of nitrogens with one attached hydrogen (secondary N) is 2. The van der Waals surface area contributed by atoms with Crippen molar-refractivity contribution >= 4 is 28.3 Å². The Labute approximate surface area is 209 Å². The molecule has 1 aliphatic heterocycles. The van der Waals surface area contributed by atoms with E-state index in [1.807, 2.05) is 34.3 Å². The van der Waals surface area contributed by atoms with Gasteiger partial charge in [-0.3, -0.25) is 9.59 Å². The molecule has 4 rings (SSSR count). The zero-order valence-electron chi connectivity index (χ0n) is 20.4. The molecule has 0 radical (unpaired) electrons. The number of nitrogens with zero attached hydrogens (tertiary/aromatic N) is 2. The van der Waals surface area contributed by atoms with Crippen LogP contribution in [0.25, 0.3) is 11.3 Å². The van der Waals surface area contributed by atoms with Crippen LogP contribution in [0.2, 0.25) is 0 Å². The topological polar surface area (TPSA) is 94.5 Å². The highest BCUT2D eigenvalue weighted by Crippen LogP contribution is 2.26. The summed E-state index contributed by atoms with van der Waals surface area (Å²) < 4.78 is 13.4. The second-order valence-corrected chi connectivity index (χ2v) is 10.4. The quantitative estimate of drug-likeness (QED) is 0.481. The van der Waals surface area contributed by atoms with Crippen molar-refractivity contribution in [2.24, 2.45) is 0 Å². The molecule has 3 aromatic rings. The molecule has 0 bridgehead atoms. The minimum absolute atomic E-state index is 0.115. The zero-order valence-corrected chi connectivity index (χ0v) is 21.2. The monoisotopic (exact) mass is 496 g/mol. The number of carbonyl (C=O) groups is 2. The second-order valence-electron chi connectivity index (χ2n) is 9.57. The van der Waals surface area contributed by atoms with Gasteiger partial charge in [0.15, 0.2) is 5.13 Å². The molecule has 1 saturated heterocycles. The molecule has 2 amide bonds. The van der Waals surface area contributed by atoms with Gasteiger partial charge < -0.3 is 24.7 Å². The maximum absolute atomic E-state index is 12.4. The number of aromatic nitrogens is 2. The van der Waals surface area contributed by atoms with Gasteiger partial charge in [-0.15, -0.1) is 11.3 Å². The van der Waals surface area contributed by atoms with Gasteiger partial charge in [0.2, 0.25) is 5.91 Å². The first-order chi connectivity index (χ1) is 16.8. The Kier molecular flexibility index (Phi) is 8.00. The third-order valence-electron chi connectivity index (χ3n) is 5.77. The van der Waals surface area contributed by atoms with Gasteiger partial charge in [-0.05, 0) is 51.3 Å².